The number of allylic oxidation sites excluding steroid dienone is 2. The first-order valence-corrected chi connectivity index (χ1v) is 8.24. The molecule has 0 radical (unpaired) electrons. The van der Waals surface area contributed by atoms with Crippen molar-refractivity contribution in [1.29, 1.82) is 0 Å². The van der Waals surface area contributed by atoms with Gasteiger partial charge < -0.3 is 10.2 Å². The van der Waals surface area contributed by atoms with Crippen molar-refractivity contribution in [1.82, 2.24) is 0 Å². The summed E-state index contributed by atoms with van der Waals surface area (Å²) in [7, 11) is 0. The molecule has 4 unspecified atom stereocenters. The van der Waals surface area contributed by atoms with E-state index in [-0.39, 0.29) is 29.2 Å². The van der Waals surface area contributed by atoms with E-state index in [0.717, 1.165) is 11.1 Å². The Morgan fingerprint density at radius 3 is 2.16 bits per heavy atom. The monoisotopic (exact) mass is 333 g/mol. The van der Waals surface area contributed by atoms with E-state index in [1.165, 1.54) is 17.0 Å². The van der Waals surface area contributed by atoms with Crippen LogP contribution in [0.15, 0.2) is 60.4 Å². The van der Waals surface area contributed by atoms with Gasteiger partial charge in [0.25, 0.3) is 0 Å². The van der Waals surface area contributed by atoms with Crippen molar-refractivity contribution in [3.63, 3.8) is 0 Å². The summed E-state index contributed by atoms with van der Waals surface area (Å²) in [6.45, 7) is 0. The van der Waals surface area contributed by atoms with Gasteiger partial charge in [0.1, 0.15) is 5.75 Å². The van der Waals surface area contributed by atoms with E-state index in [4.69, 9.17) is 0 Å². The third-order valence-corrected chi connectivity index (χ3v) is 5.61. The van der Waals surface area contributed by atoms with Crippen molar-refractivity contribution in [3.8, 4) is 5.75 Å². The van der Waals surface area contributed by atoms with Crippen LogP contribution in [0.2, 0.25) is 0 Å². The molecule has 2 amide bonds. The number of aliphatic hydroxyl groups excluding tert-OH is 1. The Hall–Kier alpha value is -3.08. The Bertz CT molecular complexity index is 946. The van der Waals surface area contributed by atoms with Crippen LogP contribution >= 0.6 is 0 Å². The van der Waals surface area contributed by atoms with Gasteiger partial charge in [-0.2, -0.15) is 0 Å². The van der Waals surface area contributed by atoms with Gasteiger partial charge in [-0.1, -0.05) is 24.3 Å². The Labute approximate surface area is 143 Å². The van der Waals surface area contributed by atoms with Crippen LogP contribution in [0, 0.1) is 11.8 Å². The highest BCUT2D eigenvalue weighted by atomic mass is 16.3. The van der Waals surface area contributed by atoms with E-state index in [2.05, 4.69) is 0 Å². The van der Waals surface area contributed by atoms with Crippen LogP contribution in [0.1, 0.15) is 23.0 Å². The SMILES string of the molecule is O=C1C2C3C=C(O)C(c4ccccc43)C2C(=O)N1c1ccc(O)cc1. The van der Waals surface area contributed by atoms with E-state index < -0.39 is 17.8 Å². The minimum atomic E-state index is -0.578. The number of amides is 2. The molecule has 3 aliphatic carbocycles. The van der Waals surface area contributed by atoms with Crippen molar-refractivity contribution in [3.05, 3.63) is 71.5 Å². The third kappa shape index (κ3) is 1.72. The van der Waals surface area contributed by atoms with Crippen LogP contribution in [0.4, 0.5) is 5.69 Å². The lowest BCUT2D eigenvalue weighted by Crippen LogP contribution is -2.39. The first-order chi connectivity index (χ1) is 12.1. The van der Waals surface area contributed by atoms with Crippen molar-refractivity contribution >= 4 is 17.5 Å². The quantitative estimate of drug-likeness (QED) is 0.787. The number of nitrogens with zero attached hydrogens (tertiary/aromatic N) is 1. The summed E-state index contributed by atoms with van der Waals surface area (Å²) < 4.78 is 0. The molecule has 1 heterocycles. The van der Waals surface area contributed by atoms with Gasteiger partial charge in [0.2, 0.25) is 11.8 Å². The molecule has 25 heavy (non-hydrogen) atoms. The highest BCUT2D eigenvalue weighted by molar-refractivity contribution is 6.23. The topological polar surface area (TPSA) is 77.8 Å². The van der Waals surface area contributed by atoms with E-state index >= 15 is 0 Å². The first-order valence-electron chi connectivity index (χ1n) is 8.24. The predicted molar refractivity (Wildman–Crippen MR) is 90.2 cm³/mol. The van der Waals surface area contributed by atoms with E-state index in [9.17, 15) is 19.8 Å². The minimum absolute atomic E-state index is 0.0760. The van der Waals surface area contributed by atoms with Crippen molar-refractivity contribution < 1.29 is 19.8 Å². The van der Waals surface area contributed by atoms with Crippen molar-refractivity contribution in [2.24, 2.45) is 11.8 Å². The second-order valence-corrected chi connectivity index (χ2v) is 6.80. The number of aliphatic hydroxyl groups is 1. The zero-order chi connectivity index (χ0) is 17.3. The Morgan fingerprint density at radius 1 is 0.800 bits per heavy atom. The average molecular weight is 333 g/mol. The standard InChI is InChI=1S/C20H15NO4/c22-11-7-5-10(6-8-11)21-19(24)17-14-9-15(23)16(18(17)20(21)25)13-4-2-1-3-12(13)14/h1-9,14,16-18,22-23H. The van der Waals surface area contributed by atoms with E-state index in [1.807, 2.05) is 24.3 Å². The number of rotatable bonds is 1. The molecule has 1 saturated heterocycles. The number of hydrogen-bond acceptors (Lipinski definition) is 4. The van der Waals surface area contributed by atoms with Crippen LogP contribution in [-0.4, -0.2) is 22.0 Å². The predicted octanol–water partition coefficient (Wildman–Crippen LogP) is 2.83. The summed E-state index contributed by atoms with van der Waals surface area (Å²) in [6, 6.07) is 13.7. The summed E-state index contributed by atoms with van der Waals surface area (Å²) in [4.78, 5) is 27.4. The Morgan fingerprint density at radius 2 is 1.44 bits per heavy atom. The van der Waals surface area contributed by atoms with Crippen LogP contribution < -0.4 is 4.90 Å². The van der Waals surface area contributed by atoms with Crippen LogP contribution in [0.3, 0.4) is 0 Å². The fourth-order valence-electron chi connectivity index (χ4n) is 4.61. The normalized spacial score (nSPS) is 29.4. The molecular formula is C20H15NO4. The summed E-state index contributed by atoms with van der Waals surface area (Å²) in [5.74, 6) is -2.10. The van der Waals surface area contributed by atoms with E-state index in [0.29, 0.717) is 5.69 Å². The average Bonchev–Trinajstić information content (AvgIpc) is 2.88. The van der Waals surface area contributed by atoms with Crippen LogP contribution in [-0.2, 0) is 9.59 Å². The summed E-state index contributed by atoms with van der Waals surface area (Å²) >= 11 is 0. The Kier molecular flexibility index (Phi) is 2.70. The molecule has 2 bridgehead atoms. The summed E-state index contributed by atoms with van der Waals surface area (Å²) in [5.41, 5.74) is 2.40. The lowest BCUT2D eigenvalue weighted by atomic mass is 9.60. The lowest BCUT2D eigenvalue weighted by molar-refractivity contribution is -0.122. The van der Waals surface area contributed by atoms with Gasteiger partial charge in [-0.3, -0.25) is 9.59 Å². The fourth-order valence-corrected chi connectivity index (χ4v) is 4.61. The molecule has 124 valence electrons. The van der Waals surface area contributed by atoms with Crippen LogP contribution in [0.25, 0.3) is 0 Å². The highest BCUT2D eigenvalue weighted by Crippen LogP contribution is 2.57. The number of phenols is 1. The van der Waals surface area contributed by atoms with Gasteiger partial charge in [-0.25, -0.2) is 4.90 Å². The van der Waals surface area contributed by atoms with Gasteiger partial charge in [0.15, 0.2) is 0 Å². The maximum absolute atomic E-state index is 13.1. The van der Waals surface area contributed by atoms with Gasteiger partial charge in [0, 0.05) is 5.92 Å². The van der Waals surface area contributed by atoms with Crippen LogP contribution in [0.5, 0.6) is 5.75 Å². The van der Waals surface area contributed by atoms with Gasteiger partial charge in [-0.05, 0) is 41.5 Å². The second-order valence-electron chi connectivity index (χ2n) is 6.80. The number of anilines is 1. The third-order valence-electron chi connectivity index (χ3n) is 5.61. The molecule has 5 heteroatoms. The molecule has 5 nitrogen and oxygen atoms in total. The molecule has 0 spiro atoms. The molecule has 2 aromatic carbocycles. The molecule has 0 saturated carbocycles. The Balaban J connectivity index is 1.65. The first kappa shape index (κ1) is 14.3. The zero-order valence-corrected chi connectivity index (χ0v) is 13.2. The van der Waals surface area contributed by atoms with Gasteiger partial charge >= 0.3 is 0 Å². The molecule has 4 atom stereocenters. The smallest absolute Gasteiger partial charge is 0.238 e. The molecule has 2 aromatic rings. The number of hydrogen-bond donors (Lipinski definition) is 2. The zero-order valence-electron chi connectivity index (χ0n) is 13.2. The number of benzene rings is 2. The molecule has 4 aliphatic rings. The largest absolute Gasteiger partial charge is 0.512 e. The number of aromatic hydroxyl groups is 1. The van der Waals surface area contributed by atoms with Gasteiger partial charge in [-0.15, -0.1) is 0 Å². The lowest BCUT2D eigenvalue weighted by Gasteiger charge is -2.41. The van der Waals surface area contributed by atoms with Crippen molar-refractivity contribution in [2.45, 2.75) is 11.8 Å². The maximum Gasteiger partial charge on any atom is 0.238 e. The van der Waals surface area contributed by atoms with Gasteiger partial charge in [0.05, 0.1) is 29.2 Å². The minimum Gasteiger partial charge on any atom is -0.512 e. The van der Waals surface area contributed by atoms with E-state index in [1.54, 1.807) is 18.2 Å². The number of imide groups is 1. The van der Waals surface area contributed by atoms with Crippen molar-refractivity contribution in [2.75, 3.05) is 4.90 Å². The fraction of sp³-hybridized carbons (Fsp3) is 0.200. The summed E-state index contributed by atoms with van der Waals surface area (Å²) in [6.07, 6.45) is 1.72. The number of carbonyl (C=O) groups excluding carboxylic acids is 2. The molecule has 6 rings (SSSR count). The maximum atomic E-state index is 13.1. The molecule has 0 aromatic heterocycles. The highest BCUT2D eigenvalue weighted by Gasteiger charge is 2.60. The molecule has 2 N–H and O–H groups in total. The second kappa shape index (κ2) is 4.72. The summed E-state index contributed by atoms with van der Waals surface area (Å²) in [5, 5.41) is 19.9. The number of phenolic OH excluding ortho intramolecular Hbond substituents is 1. The molecule has 1 fully saturated rings. The molecule has 1 aliphatic heterocycles. The molecular weight excluding hydrogens is 318 g/mol. The number of carbonyl (C=O) groups is 2.